The number of fused-ring (bicyclic) bond motifs is 12. The van der Waals surface area contributed by atoms with Gasteiger partial charge in [-0.05, 0) is 101 Å². The molecule has 2 aromatic heterocycles. The van der Waals surface area contributed by atoms with Crippen LogP contribution in [0.3, 0.4) is 0 Å². The maximum Gasteiger partial charge on any atom is 0.143 e. The van der Waals surface area contributed by atoms with E-state index in [1.807, 2.05) is 24.3 Å². The molecule has 0 fully saturated rings. The Morgan fingerprint density at radius 2 is 0.815 bits per heavy atom. The van der Waals surface area contributed by atoms with Gasteiger partial charge in [0.05, 0.1) is 0 Å². The summed E-state index contributed by atoms with van der Waals surface area (Å²) in [6, 6.07) is 65.6. The minimum atomic E-state index is 0.870. The molecule has 0 unspecified atom stereocenters. The van der Waals surface area contributed by atoms with Crippen molar-refractivity contribution in [3.8, 4) is 33.4 Å². The Labute approximate surface area is 310 Å². The SMILES string of the molecule is c1ccc(-c2c3ccccc3c(-c3ccc(-c4ccc5ccc6c(oc7ccc8oc9ccccc9c8c76)c5c4)c4ccccc34)c3ccccc23)cc1. The molecule has 0 aliphatic heterocycles. The fraction of sp³-hybridized carbons (Fsp3) is 0. The van der Waals surface area contributed by atoms with Gasteiger partial charge in [0, 0.05) is 26.9 Å². The van der Waals surface area contributed by atoms with Crippen molar-refractivity contribution in [3.63, 3.8) is 0 Å². The minimum absolute atomic E-state index is 0.870. The van der Waals surface area contributed by atoms with Gasteiger partial charge in [0.1, 0.15) is 22.3 Å². The topological polar surface area (TPSA) is 26.3 Å². The molecule has 0 radical (unpaired) electrons. The first kappa shape index (κ1) is 29.4. The molecule has 2 heterocycles. The Hall–Kier alpha value is -7.16. The Morgan fingerprint density at radius 1 is 0.278 bits per heavy atom. The summed E-state index contributed by atoms with van der Waals surface area (Å²) in [7, 11) is 0. The molecule has 2 nitrogen and oxygen atoms in total. The van der Waals surface area contributed by atoms with Crippen molar-refractivity contribution in [1.82, 2.24) is 0 Å². The van der Waals surface area contributed by atoms with Crippen molar-refractivity contribution in [1.29, 1.82) is 0 Å². The number of para-hydroxylation sites is 1. The van der Waals surface area contributed by atoms with E-state index in [-0.39, 0.29) is 0 Å². The van der Waals surface area contributed by atoms with Gasteiger partial charge in [-0.25, -0.2) is 0 Å². The number of furan rings is 2. The van der Waals surface area contributed by atoms with Crippen LogP contribution in [0.15, 0.2) is 191 Å². The lowest BCUT2D eigenvalue weighted by atomic mass is 9.84. The zero-order chi connectivity index (χ0) is 35.3. The van der Waals surface area contributed by atoms with Gasteiger partial charge >= 0.3 is 0 Å². The molecule has 10 aromatic carbocycles. The van der Waals surface area contributed by atoms with Crippen molar-refractivity contribution in [2.24, 2.45) is 0 Å². The van der Waals surface area contributed by atoms with E-state index in [9.17, 15) is 0 Å². The summed E-state index contributed by atoms with van der Waals surface area (Å²) in [6.45, 7) is 0. The molecule has 0 bridgehead atoms. The normalized spacial score (nSPS) is 12.1. The van der Waals surface area contributed by atoms with Crippen LogP contribution in [0.1, 0.15) is 0 Å². The number of hydrogen-bond donors (Lipinski definition) is 0. The third kappa shape index (κ3) is 4.11. The van der Waals surface area contributed by atoms with Gasteiger partial charge in [-0.15, -0.1) is 0 Å². The molecule has 0 amide bonds. The molecule has 54 heavy (non-hydrogen) atoms. The standard InChI is InChI=1S/C52H30O2/c1-2-12-32(13-3-1)48-37-16-6-8-18-39(37)49(40-19-9-7-17-38(40)48)41-27-26-34(35-14-4-5-15-36(35)41)33-23-22-31-24-25-43-51-47(54-52(43)44(31)30-33)29-28-46-50(51)42-20-10-11-21-45(42)53-46/h1-30H. The van der Waals surface area contributed by atoms with E-state index < -0.39 is 0 Å². The molecule has 12 aromatic rings. The largest absolute Gasteiger partial charge is 0.456 e. The van der Waals surface area contributed by atoms with Gasteiger partial charge in [0.15, 0.2) is 0 Å². The molecular weight excluding hydrogens is 657 g/mol. The van der Waals surface area contributed by atoms with Crippen LogP contribution >= 0.6 is 0 Å². The molecule has 0 aliphatic carbocycles. The summed E-state index contributed by atoms with van der Waals surface area (Å²) in [6.07, 6.45) is 0. The Morgan fingerprint density at radius 3 is 1.54 bits per heavy atom. The van der Waals surface area contributed by atoms with E-state index in [4.69, 9.17) is 8.83 Å². The van der Waals surface area contributed by atoms with E-state index in [1.54, 1.807) is 0 Å². The lowest BCUT2D eigenvalue weighted by molar-refractivity contribution is 0.664. The van der Waals surface area contributed by atoms with E-state index in [0.29, 0.717) is 0 Å². The zero-order valence-corrected chi connectivity index (χ0v) is 29.1. The van der Waals surface area contributed by atoms with Crippen LogP contribution in [0.5, 0.6) is 0 Å². The van der Waals surface area contributed by atoms with Gasteiger partial charge < -0.3 is 8.83 Å². The summed E-state index contributed by atoms with van der Waals surface area (Å²) in [5.74, 6) is 0. The van der Waals surface area contributed by atoms with Gasteiger partial charge in [-0.3, -0.25) is 0 Å². The number of hydrogen-bond acceptors (Lipinski definition) is 2. The fourth-order valence-corrected chi connectivity index (χ4v) is 9.13. The number of benzene rings is 10. The Balaban J connectivity index is 1.10. The molecule has 0 atom stereocenters. The molecule has 0 spiro atoms. The predicted octanol–water partition coefficient (Wildman–Crippen LogP) is 15.1. The molecule has 0 saturated carbocycles. The average molecular weight is 687 g/mol. The molecule has 250 valence electrons. The molecule has 0 saturated heterocycles. The highest BCUT2D eigenvalue weighted by molar-refractivity contribution is 6.29. The minimum Gasteiger partial charge on any atom is -0.456 e. The van der Waals surface area contributed by atoms with Gasteiger partial charge in [0.25, 0.3) is 0 Å². The maximum atomic E-state index is 6.73. The van der Waals surface area contributed by atoms with Crippen molar-refractivity contribution in [3.05, 3.63) is 182 Å². The van der Waals surface area contributed by atoms with Crippen LogP contribution in [0.4, 0.5) is 0 Å². The molecular formula is C52H30O2. The maximum absolute atomic E-state index is 6.73. The fourth-order valence-electron chi connectivity index (χ4n) is 9.13. The summed E-state index contributed by atoms with van der Waals surface area (Å²) >= 11 is 0. The van der Waals surface area contributed by atoms with Crippen LogP contribution in [0, 0.1) is 0 Å². The Bertz CT molecular complexity index is 3430. The van der Waals surface area contributed by atoms with Crippen LogP contribution in [-0.2, 0) is 0 Å². The third-order valence-electron chi connectivity index (χ3n) is 11.5. The van der Waals surface area contributed by atoms with E-state index in [0.717, 1.165) is 60.2 Å². The first-order valence-electron chi connectivity index (χ1n) is 18.5. The first-order valence-corrected chi connectivity index (χ1v) is 18.5. The monoisotopic (exact) mass is 686 g/mol. The molecule has 12 rings (SSSR count). The number of rotatable bonds is 3. The summed E-state index contributed by atoms with van der Waals surface area (Å²) < 4.78 is 13.0. The van der Waals surface area contributed by atoms with E-state index in [2.05, 4.69) is 158 Å². The van der Waals surface area contributed by atoms with Crippen molar-refractivity contribution >= 4 is 87.0 Å². The second-order valence-electron chi connectivity index (χ2n) is 14.3. The van der Waals surface area contributed by atoms with Gasteiger partial charge in [-0.2, -0.15) is 0 Å². The highest BCUT2D eigenvalue weighted by Gasteiger charge is 2.21. The highest BCUT2D eigenvalue weighted by atomic mass is 16.3. The quantitative estimate of drug-likeness (QED) is 0.173. The van der Waals surface area contributed by atoms with E-state index in [1.165, 1.54) is 60.1 Å². The lowest BCUT2D eigenvalue weighted by Crippen LogP contribution is -1.92. The molecule has 0 aliphatic rings. The van der Waals surface area contributed by atoms with Crippen molar-refractivity contribution in [2.45, 2.75) is 0 Å². The summed E-state index contributed by atoms with van der Waals surface area (Å²) in [4.78, 5) is 0. The second kappa shape index (κ2) is 11.2. The lowest BCUT2D eigenvalue weighted by Gasteiger charge is -2.19. The first-order chi connectivity index (χ1) is 26.8. The predicted molar refractivity (Wildman–Crippen MR) is 227 cm³/mol. The van der Waals surface area contributed by atoms with Crippen LogP contribution < -0.4 is 0 Å². The van der Waals surface area contributed by atoms with Gasteiger partial charge in [0.2, 0.25) is 0 Å². The Kier molecular flexibility index (Phi) is 6.09. The summed E-state index contributed by atoms with van der Waals surface area (Å²) in [5, 5.41) is 14.2. The van der Waals surface area contributed by atoms with Gasteiger partial charge in [-0.1, -0.05) is 152 Å². The summed E-state index contributed by atoms with van der Waals surface area (Å²) in [5.41, 5.74) is 10.9. The zero-order valence-electron chi connectivity index (χ0n) is 29.1. The smallest absolute Gasteiger partial charge is 0.143 e. The van der Waals surface area contributed by atoms with Crippen LogP contribution in [-0.4, -0.2) is 0 Å². The van der Waals surface area contributed by atoms with Crippen LogP contribution in [0.2, 0.25) is 0 Å². The highest BCUT2D eigenvalue weighted by Crippen LogP contribution is 2.47. The van der Waals surface area contributed by atoms with Crippen molar-refractivity contribution < 1.29 is 8.83 Å². The average Bonchev–Trinajstić information content (AvgIpc) is 3.81. The molecule has 2 heteroatoms. The third-order valence-corrected chi connectivity index (χ3v) is 11.5. The van der Waals surface area contributed by atoms with Crippen LogP contribution in [0.25, 0.3) is 120 Å². The second-order valence-corrected chi connectivity index (χ2v) is 14.3. The van der Waals surface area contributed by atoms with Crippen molar-refractivity contribution in [2.75, 3.05) is 0 Å². The van der Waals surface area contributed by atoms with E-state index >= 15 is 0 Å². The molecule has 0 N–H and O–H groups in total.